The molecule has 0 bridgehead atoms. The SMILES string of the molecule is O=C(N[C@@H](Cc1ccc(-c2ccccc2CNCc2ccccc2)cc1)C(=O)O)c1c(Cl)cccc1Cl. The van der Waals surface area contributed by atoms with Crippen molar-refractivity contribution < 1.29 is 14.7 Å². The predicted molar refractivity (Wildman–Crippen MR) is 148 cm³/mol. The van der Waals surface area contributed by atoms with Crippen LogP contribution in [0.1, 0.15) is 27.0 Å². The highest BCUT2D eigenvalue weighted by Gasteiger charge is 2.23. The maximum Gasteiger partial charge on any atom is 0.326 e. The minimum Gasteiger partial charge on any atom is -0.480 e. The second-order valence-electron chi connectivity index (χ2n) is 8.61. The number of carboxylic acid groups (broad SMARTS) is 1. The highest BCUT2D eigenvalue weighted by molar-refractivity contribution is 6.39. The van der Waals surface area contributed by atoms with E-state index in [0.29, 0.717) is 6.54 Å². The normalized spacial score (nSPS) is 11.6. The Hall–Kier alpha value is -3.64. The number of benzene rings is 4. The summed E-state index contributed by atoms with van der Waals surface area (Å²) >= 11 is 12.2. The topological polar surface area (TPSA) is 78.4 Å². The number of rotatable bonds is 10. The van der Waals surface area contributed by atoms with Gasteiger partial charge in [-0.3, -0.25) is 4.79 Å². The zero-order chi connectivity index (χ0) is 26.2. The van der Waals surface area contributed by atoms with Crippen molar-refractivity contribution in [3.8, 4) is 11.1 Å². The fourth-order valence-electron chi connectivity index (χ4n) is 4.09. The first kappa shape index (κ1) is 26.4. The number of carboxylic acids is 1. The molecule has 0 aromatic heterocycles. The molecule has 7 heteroatoms. The van der Waals surface area contributed by atoms with Crippen molar-refractivity contribution in [2.24, 2.45) is 0 Å². The zero-order valence-corrected chi connectivity index (χ0v) is 21.5. The van der Waals surface area contributed by atoms with E-state index in [0.717, 1.165) is 23.2 Å². The average Bonchev–Trinajstić information content (AvgIpc) is 2.89. The molecule has 3 N–H and O–H groups in total. The Labute approximate surface area is 226 Å². The van der Waals surface area contributed by atoms with Gasteiger partial charge in [0.2, 0.25) is 0 Å². The third kappa shape index (κ3) is 6.98. The molecule has 1 amide bonds. The van der Waals surface area contributed by atoms with Crippen molar-refractivity contribution >= 4 is 35.1 Å². The van der Waals surface area contributed by atoms with Gasteiger partial charge in [-0.25, -0.2) is 4.79 Å². The first-order valence-corrected chi connectivity index (χ1v) is 12.6. The van der Waals surface area contributed by atoms with Crippen molar-refractivity contribution in [1.82, 2.24) is 10.6 Å². The predicted octanol–water partition coefficient (Wildman–Crippen LogP) is 6.38. The molecular formula is C30H26Cl2N2O3. The molecule has 0 fully saturated rings. The van der Waals surface area contributed by atoms with Gasteiger partial charge in [0, 0.05) is 19.5 Å². The average molecular weight is 533 g/mol. The lowest BCUT2D eigenvalue weighted by Crippen LogP contribution is -2.42. The molecule has 1 atom stereocenters. The van der Waals surface area contributed by atoms with E-state index < -0.39 is 17.9 Å². The first-order valence-electron chi connectivity index (χ1n) is 11.8. The molecule has 0 aliphatic heterocycles. The lowest BCUT2D eigenvalue weighted by Gasteiger charge is -2.16. The van der Waals surface area contributed by atoms with Crippen LogP contribution in [-0.2, 0) is 24.3 Å². The summed E-state index contributed by atoms with van der Waals surface area (Å²) in [6.07, 6.45) is 0.115. The molecule has 4 rings (SSSR count). The van der Waals surface area contributed by atoms with E-state index in [2.05, 4.69) is 34.9 Å². The Morgan fingerprint density at radius 2 is 1.38 bits per heavy atom. The molecule has 5 nitrogen and oxygen atoms in total. The van der Waals surface area contributed by atoms with Gasteiger partial charge in [-0.15, -0.1) is 0 Å². The zero-order valence-electron chi connectivity index (χ0n) is 20.0. The lowest BCUT2D eigenvalue weighted by molar-refractivity contribution is -0.139. The van der Waals surface area contributed by atoms with Gasteiger partial charge in [0.25, 0.3) is 5.91 Å². The van der Waals surface area contributed by atoms with Gasteiger partial charge in [0.05, 0.1) is 15.6 Å². The molecule has 0 unspecified atom stereocenters. The molecule has 188 valence electrons. The summed E-state index contributed by atoms with van der Waals surface area (Å²) in [5.41, 5.74) is 5.36. The molecule has 4 aromatic carbocycles. The number of halogens is 2. The van der Waals surface area contributed by atoms with Gasteiger partial charge in [0.1, 0.15) is 6.04 Å². The number of hydrogen-bond acceptors (Lipinski definition) is 3. The molecular weight excluding hydrogens is 507 g/mol. The molecule has 0 saturated carbocycles. The molecule has 0 saturated heterocycles. The number of nitrogens with one attached hydrogen (secondary N) is 2. The van der Waals surface area contributed by atoms with E-state index in [-0.39, 0.29) is 22.0 Å². The van der Waals surface area contributed by atoms with Crippen LogP contribution in [0.5, 0.6) is 0 Å². The van der Waals surface area contributed by atoms with Crippen LogP contribution in [0.15, 0.2) is 97.1 Å². The fraction of sp³-hybridized carbons (Fsp3) is 0.133. The second kappa shape index (κ2) is 12.5. The van der Waals surface area contributed by atoms with Gasteiger partial charge >= 0.3 is 5.97 Å². The first-order chi connectivity index (χ1) is 17.9. The van der Waals surface area contributed by atoms with Crippen molar-refractivity contribution in [3.05, 3.63) is 129 Å². The lowest BCUT2D eigenvalue weighted by atomic mass is 9.97. The monoisotopic (exact) mass is 532 g/mol. The van der Waals surface area contributed by atoms with Crippen LogP contribution in [0.4, 0.5) is 0 Å². The summed E-state index contributed by atoms with van der Waals surface area (Å²) in [6.45, 7) is 1.49. The van der Waals surface area contributed by atoms with E-state index in [9.17, 15) is 14.7 Å². The molecule has 0 spiro atoms. The van der Waals surface area contributed by atoms with Crippen molar-refractivity contribution in [3.63, 3.8) is 0 Å². The van der Waals surface area contributed by atoms with Crippen LogP contribution in [-0.4, -0.2) is 23.0 Å². The van der Waals surface area contributed by atoms with Crippen LogP contribution in [0.2, 0.25) is 10.0 Å². The van der Waals surface area contributed by atoms with E-state index in [1.807, 2.05) is 54.6 Å². The van der Waals surface area contributed by atoms with Crippen molar-refractivity contribution in [2.45, 2.75) is 25.6 Å². The van der Waals surface area contributed by atoms with Crippen molar-refractivity contribution in [2.75, 3.05) is 0 Å². The third-order valence-corrected chi connectivity index (χ3v) is 6.63. The summed E-state index contributed by atoms with van der Waals surface area (Å²) < 4.78 is 0. The number of carbonyl (C=O) groups is 2. The Kier molecular flexibility index (Phi) is 8.96. The maximum absolute atomic E-state index is 12.7. The summed E-state index contributed by atoms with van der Waals surface area (Å²) in [6, 6.07) is 29.7. The Morgan fingerprint density at radius 1 is 0.730 bits per heavy atom. The molecule has 0 heterocycles. The van der Waals surface area contributed by atoms with Crippen molar-refractivity contribution in [1.29, 1.82) is 0 Å². The minimum absolute atomic E-state index is 0.0601. The Bertz CT molecular complexity index is 1360. The van der Waals surface area contributed by atoms with Crippen LogP contribution in [0, 0.1) is 0 Å². The van der Waals surface area contributed by atoms with Gasteiger partial charge in [0.15, 0.2) is 0 Å². The van der Waals surface area contributed by atoms with Gasteiger partial charge < -0.3 is 15.7 Å². The van der Waals surface area contributed by atoms with E-state index >= 15 is 0 Å². The van der Waals surface area contributed by atoms with E-state index in [1.165, 1.54) is 23.3 Å². The van der Waals surface area contributed by atoms with Gasteiger partial charge in [-0.2, -0.15) is 0 Å². The maximum atomic E-state index is 12.7. The molecule has 4 aromatic rings. The fourth-order valence-corrected chi connectivity index (χ4v) is 4.66. The highest BCUT2D eigenvalue weighted by Crippen LogP contribution is 2.26. The Balaban J connectivity index is 1.44. The minimum atomic E-state index is -1.14. The van der Waals surface area contributed by atoms with Gasteiger partial charge in [-0.05, 0) is 39.9 Å². The highest BCUT2D eigenvalue weighted by atomic mass is 35.5. The number of carbonyl (C=O) groups excluding carboxylic acids is 1. The summed E-state index contributed by atoms with van der Waals surface area (Å²) in [5, 5.41) is 16.1. The standard InChI is InChI=1S/C30H26Cl2N2O3/c31-25-11-6-12-26(32)28(25)29(35)34-27(30(36)37)17-20-13-15-22(16-14-20)24-10-5-4-9-23(24)19-33-18-21-7-2-1-3-8-21/h1-16,27,33H,17-19H2,(H,34,35)(H,36,37)/t27-/m0/s1. The third-order valence-electron chi connectivity index (χ3n) is 6.00. The Morgan fingerprint density at radius 3 is 2.05 bits per heavy atom. The van der Waals surface area contributed by atoms with Crippen LogP contribution >= 0.6 is 23.2 Å². The quantitative estimate of drug-likeness (QED) is 0.221. The smallest absolute Gasteiger partial charge is 0.326 e. The largest absolute Gasteiger partial charge is 0.480 e. The number of amides is 1. The number of hydrogen-bond donors (Lipinski definition) is 3. The van der Waals surface area contributed by atoms with E-state index in [4.69, 9.17) is 23.2 Å². The van der Waals surface area contributed by atoms with Gasteiger partial charge in [-0.1, -0.05) is 108 Å². The van der Waals surface area contributed by atoms with Crippen LogP contribution in [0.25, 0.3) is 11.1 Å². The second-order valence-corrected chi connectivity index (χ2v) is 9.42. The summed E-state index contributed by atoms with van der Waals surface area (Å²) in [7, 11) is 0. The molecule has 0 aliphatic rings. The molecule has 0 aliphatic carbocycles. The molecule has 37 heavy (non-hydrogen) atoms. The summed E-state index contributed by atoms with van der Waals surface area (Å²) in [5.74, 6) is -1.77. The molecule has 0 radical (unpaired) electrons. The van der Waals surface area contributed by atoms with E-state index in [1.54, 1.807) is 6.07 Å². The summed E-state index contributed by atoms with van der Waals surface area (Å²) in [4.78, 5) is 24.6. The van der Waals surface area contributed by atoms with Crippen LogP contribution < -0.4 is 10.6 Å². The number of aliphatic carboxylic acids is 1. The van der Waals surface area contributed by atoms with Crippen LogP contribution in [0.3, 0.4) is 0 Å².